The monoisotopic (exact) mass is 547 g/mol. The number of carbonyl (C=O) groups is 1. The molecule has 1 amide bonds. The number of benzene rings is 2. The average Bonchev–Trinajstić information content (AvgIpc) is 3.36. The zero-order valence-electron chi connectivity index (χ0n) is 23.9. The molecule has 0 radical (unpaired) electrons. The number of anilines is 1. The summed E-state index contributed by atoms with van der Waals surface area (Å²) in [5, 5.41) is 9.39. The van der Waals surface area contributed by atoms with Gasteiger partial charge in [-0.1, -0.05) is 24.3 Å². The van der Waals surface area contributed by atoms with E-state index >= 15 is 0 Å². The molecule has 2 atom stereocenters. The molecule has 2 aliphatic heterocycles. The van der Waals surface area contributed by atoms with E-state index in [2.05, 4.69) is 51.9 Å². The molecule has 2 aromatic carbocycles. The number of aryl methyl sites for hydroxylation is 1. The number of aromatic nitrogens is 2. The molecular formula is C32H45N5O3. The standard InChI is InChI=1S/C32H45N5O3/c1-40-19-5-16-37-30-8-3-2-7-29(30)34-32(37)26-6-4-15-36(22-26)31(39)21-27(33)20-24-9-11-28(12-10-24)35-17-13-25(23-38)14-18-35/h2-3,7-12,25-27,38H,4-6,13-23,33H2,1H3. The second-order valence-electron chi connectivity index (χ2n) is 11.6. The Hall–Kier alpha value is -2.94. The molecule has 0 bridgehead atoms. The number of ether oxygens (including phenoxy) is 1. The molecule has 5 rings (SSSR count). The van der Waals surface area contributed by atoms with E-state index < -0.39 is 0 Å². The van der Waals surface area contributed by atoms with Crippen LogP contribution in [0.15, 0.2) is 48.5 Å². The molecule has 8 nitrogen and oxygen atoms in total. The molecule has 2 fully saturated rings. The van der Waals surface area contributed by atoms with Gasteiger partial charge in [0.2, 0.25) is 5.91 Å². The van der Waals surface area contributed by atoms with E-state index in [-0.39, 0.29) is 24.5 Å². The molecule has 3 N–H and O–H groups in total. The van der Waals surface area contributed by atoms with Crippen molar-refractivity contribution in [1.29, 1.82) is 0 Å². The maximum absolute atomic E-state index is 13.3. The third kappa shape index (κ3) is 6.85. The lowest BCUT2D eigenvalue weighted by Gasteiger charge is -2.33. The molecule has 2 aliphatic rings. The van der Waals surface area contributed by atoms with Gasteiger partial charge >= 0.3 is 0 Å². The first kappa shape index (κ1) is 28.6. The van der Waals surface area contributed by atoms with Crippen molar-refractivity contribution < 1.29 is 14.6 Å². The van der Waals surface area contributed by atoms with Gasteiger partial charge in [-0.2, -0.15) is 0 Å². The van der Waals surface area contributed by atoms with Gasteiger partial charge in [0.25, 0.3) is 0 Å². The van der Waals surface area contributed by atoms with Crippen molar-refractivity contribution in [2.45, 2.75) is 63.5 Å². The number of hydrogen-bond donors (Lipinski definition) is 2. The topological polar surface area (TPSA) is 96.8 Å². The Morgan fingerprint density at radius 2 is 1.88 bits per heavy atom. The van der Waals surface area contributed by atoms with Gasteiger partial charge < -0.3 is 29.9 Å². The summed E-state index contributed by atoms with van der Waals surface area (Å²) in [6.07, 6.45) is 6.05. The van der Waals surface area contributed by atoms with E-state index in [4.69, 9.17) is 15.5 Å². The van der Waals surface area contributed by atoms with E-state index in [0.717, 1.165) is 80.7 Å². The summed E-state index contributed by atoms with van der Waals surface area (Å²) in [5.41, 5.74) is 11.1. The molecule has 0 spiro atoms. The van der Waals surface area contributed by atoms with Gasteiger partial charge in [-0.15, -0.1) is 0 Å². The van der Waals surface area contributed by atoms with Gasteiger partial charge in [0.15, 0.2) is 0 Å². The van der Waals surface area contributed by atoms with Crippen LogP contribution in [0.4, 0.5) is 5.69 Å². The first-order valence-electron chi connectivity index (χ1n) is 15.0. The van der Waals surface area contributed by atoms with Crippen LogP contribution in [0.5, 0.6) is 0 Å². The summed E-state index contributed by atoms with van der Waals surface area (Å²) < 4.78 is 7.63. The Morgan fingerprint density at radius 1 is 1.10 bits per heavy atom. The maximum atomic E-state index is 13.3. The molecule has 2 unspecified atom stereocenters. The van der Waals surface area contributed by atoms with E-state index in [0.29, 0.717) is 31.9 Å². The van der Waals surface area contributed by atoms with Gasteiger partial charge in [-0.3, -0.25) is 4.79 Å². The number of hydrogen-bond acceptors (Lipinski definition) is 6. The minimum absolute atomic E-state index is 0.141. The van der Waals surface area contributed by atoms with Gasteiger partial charge in [0.05, 0.1) is 11.0 Å². The SMILES string of the molecule is COCCCn1c(C2CCCN(C(=O)CC(N)Cc3ccc(N4CCC(CO)CC4)cc3)C2)nc2ccccc21. The van der Waals surface area contributed by atoms with Crippen molar-refractivity contribution in [1.82, 2.24) is 14.5 Å². The summed E-state index contributed by atoms with van der Waals surface area (Å²) in [7, 11) is 1.74. The minimum atomic E-state index is -0.211. The van der Waals surface area contributed by atoms with Crippen LogP contribution in [0.3, 0.4) is 0 Å². The van der Waals surface area contributed by atoms with Gasteiger partial charge in [-0.25, -0.2) is 4.98 Å². The van der Waals surface area contributed by atoms with Crippen molar-refractivity contribution >= 4 is 22.6 Å². The molecule has 2 saturated heterocycles. The van der Waals surface area contributed by atoms with Crippen molar-refractivity contribution in [2.24, 2.45) is 11.7 Å². The number of piperidine rings is 2. The largest absolute Gasteiger partial charge is 0.396 e. The molecule has 3 aromatic rings. The fourth-order valence-electron chi connectivity index (χ4n) is 6.37. The first-order chi connectivity index (χ1) is 19.6. The fraction of sp³-hybridized carbons (Fsp3) is 0.562. The Balaban J connectivity index is 1.17. The van der Waals surface area contributed by atoms with Gasteiger partial charge in [0.1, 0.15) is 5.82 Å². The Morgan fingerprint density at radius 3 is 2.62 bits per heavy atom. The number of imidazole rings is 1. The average molecular weight is 548 g/mol. The molecule has 8 heteroatoms. The van der Waals surface area contributed by atoms with Crippen LogP contribution in [0.1, 0.15) is 55.8 Å². The Kier molecular flexibility index (Phi) is 9.73. The van der Waals surface area contributed by atoms with Crippen LogP contribution in [0.2, 0.25) is 0 Å². The third-order valence-corrected chi connectivity index (χ3v) is 8.66. The number of nitrogens with two attached hydrogens (primary N) is 1. The molecule has 40 heavy (non-hydrogen) atoms. The number of nitrogens with zero attached hydrogens (tertiary/aromatic N) is 4. The van der Waals surface area contributed by atoms with Crippen LogP contribution in [0.25, 0.3) is 11.0 Å². The highest BCUT2D eigenvalue weighted by molar-refractivity contribution is 5.78. The second-order valence-corrected chi connectivity index (χ2v) is 11.6. The number of carbonyl (C=O) groups excluding carboxylic acids is 1. The predicted molar refractivity (Wildman–Crippen MR) is 160 cm³/mol. The van der Waals surface area contributed by atoms with Crippen LogP contribution < -0.4 is 10.6 Å². The van der Waals surface area contributed by atoms with E-state index in [1.165, 1.54) is 5.69 Å². The molecule has 3 heterocycles. The quantitative estimate of drug-likeness (QED) is 0.353. The van der Waals surface area contributed by atoms with E-state index in [1.54, 1.807) is 7.11 Å². The summed E-state index contributed by atoms with van der Waals surface area (Å²) >= 11 is 0. The molecule has 216 valence electrons. The number of fused-ring (bicyclic) bond motifs is 1. The number of aliphatic hydroxyl groups excluding tert-OH is 1. The maximum Gasteiger partial charge on any atom is 0.224 e. The van der Waals surface area contributed by atoms with Crippen LogP contribution >= 0.6 is 0 Å². The van der Waals surface area contributed by atoms with Crippen molar-refractivity contribution in [3.05, 3.63) is 59.9 Å². The molecular weight excluding hydrogens is 502 g/mol. The van der Waals surface area contributed by atoms with E-state index in [1.807, 2.05) is 11.0 Å². The highest BCUT2D eigenvalue weighted by Crippen LogP contribution is 2.30. The minimum Gasteiger partial charge on any atom is -0.396 e. The molecule has 0 aliphatic carbocycles. The highest BCUT2D eigenvalue weighted by atomic mass is 16.5. The van der Waals surface area contributed by atoms with Crippen molar-refractivity contribution in [3.63, 3.8) is 0 Å². The summed E-state index contributed by atoms with van der Waals surface area (Å²) in [5.74, 6) is 1.88. The number of likely N-dealkylation sites (tertiary alicyclic amines) is 1. The Labute approximate surface area is 238 Å². The molecule has 0 saturated carbocycles. The first-order valence-corrected chi connectivity index (χ1v) is 15.0. The number of amides is 1. The van der Waals surface area contributed by atoms with Crippen LogP contribution in [-0.2, 0) is 22.5 Å². The molecule has 1 aromatic heterocycles. The summed E-state index contributed by atoms with van der Waals surface area (Å²) in [6, 6.07) is 16.7. The van der Waals surface area contributed by atoms with Crippen molar-refractivity contribution in [2.75, 3.05) is 51.4 Å². The zero-order valence-corrected chi connectivity index (χ0v) is 23.9. The second kappa shape index (κ2) is 13.6. The van der Waals surface area contributed by atoms with Crippen LogP contribution in [-0.4, -0.2) is 78.0 Å². The third-order valence-electron chi connectivity index (χ3n) is 8.66. The Bertz CT molecular complexity index is 1240. The predicted octanol–water partition coefficient (Wildman–Crippen LogP) is 3.95. The lowest BCUT2D eigenvalue weighted by molar-refractivity contribution is -0.132. The summed E-state index contributed by atoms with van der Waals surface area (Å²) in [4.78, 5) is 22.7. The number of methoxy groups -OCH3 is 1. The number of rotatable bonds is 11. The number of para-hydroxylation sites is 2. The van der Waals surface area contributed by atoms with Gasteiger partial charge in [0, 0.05) is 77.1 Å². The number of aliphatic hydroxyl groups is 1. The fourth-order valence-corrected chi connectivity index (χ4v) is 6.37. The zero-order chi connectivity index (χ0) is 27.9. The highest BCUT2D eigenvalue weighted by Gasteiger charge is 2.29. The van der Waals surface area contributed by atoms with Crippen molar-refractivity contribution in [3.8, 4) is 0 Å². The van der Waals surface area contributed by atoms with E-state index in [9.17, 15) is 9.90 Å². The smallest absolute Gasteiger partial charge is 0.224 e. The van der Waals surface area contributed by atoms with Crippen LogP contribution in [0, 0.1) is 5.92 Å². The normalized spacial score (nSPS) is 19.3. The van der Waals surface area contributed by atoms with Gasteiger partial charge in [-0.05, 0) is 74.3 Å². The summed E-state index contributed by atoms with van der Waals surface area (Å²) in [6.45, 7) is 5.31. The lowest BCUT2D eigenvalue weighted by atomic mass is 9.95. The lowest BCUT2D eigenvalue weighted by Crippen LogP contribution is -2.42.